The summed E-state index contributed by atoms with van der Waals surface area (Å²) in [5.41, 5.74) is 0. The van der Waals surface area contributed by atoms with E-state index in [0.29, 0.717) is 33.9 Å². The third-order valence-corrected chi connectivity index (χ3v) is 4.39. The summed E-state index contributed by atoms with van der Waals surface area (Å²) in [4.78, 5) is 17.9. The molecule has 152 valence electrons. The van der Waals surface area contributed by atoms with E-state index in [1.165, 1.54) is 10.9 Å². The summed E-state index contributed by atoms with van der Waals surface area (Å²) >= 11 is 18.0. The van der Waals surface area contributed by atoms with Gasteiger partial charge >= 0.3 is 6.03 Å². The van der Waals surface area contributed by atoms with Crippen molar-refractivity contribution in [2.75, 3.05) is 19.7 Å². The van der Waals surface area contributed by atoms with Crippen LogP contribution in [0.2, 0.25) is 15.1 Å². The molecule has 8 heteroatoms. The van der Waals surface area contributed by atoms with Crippen LogP contribution >= 0.6 is 34.8 Å². The number of carbonyl (C=O) groups is 1. The van der Waals surface area contributed by atoms with Gasteiger partial charge in [0.25, 0.3) is 0 Å². The van der Waals surface area contributed by atoms with E-state index in [-0.39, 0.29) is 12.6 Å². The number of carbonyl (C=O) groups excluding carboxylic acids is 1. The van der Waals surface area contributed by atoms with Crippen LogP contribution in [-0.2, 0) is 0 Å². The molecule has 0 aliphatic carbocycles. The maximum atomic E-state index is 12.3. The SMILES string of the molecule is CCCN(CCOc1c(Cl)cc(Cl)cc1Cl)C(=O)n1ccnc1.[c]1cc[c]cc1. The van der Waals surface area contributed by atoms with Gasteiger partial charge in [0, 0.05) is 24.0 Å². The fourth-order valence-electron chi connectivity index (χ4n) is 2.34. The average Bonchev–Trinajstić information content (AvgIpc) is 3.25. The second-order valence-corrected chi connectivity index (χ2v) is 7.04. The molecule has 2 aromatic carbocycles. The standard InChI is InChI=1S/C15H16Cl3N3O2.C6H4/c1-2-4-20(15(22)21-5-3-19-10-21)6-7-23-14-12(17)8-11(16)9-13(14)18;1-2-4-6-5-3-1/h3,5,8-10H,2,4,6-7H2,1H3;1-2,5-6H. The summed E-state index contributed by atoms with van der Waals surface area (Å²) in [6.07, 6.45) is 5.48. The van der Waals surface area contributed by atoms with Crippen molar-refractivity contribution in [1.29, 1.82) is 0 Å². The number of aromatic nitrogens is 2. The highest BCUT2D eigenvalue weighted by molar-refractivity contribution is 6.40. The zero-order chi connectivity index (χ0) is 21.1. The predicted octanol–water partition coefficient (Wildman–Crippen LogP) is 5.89. The van der Waals surface area contributed by atoms with Gasteiger partial charge in [0.05, 0.1) is 16.6 Å². The Kier molecular flexibility index (Phi) is 9.84. The molecule has 0 aliphatic heterocycles. The first-order valence-electron chi connectivity index (χ1n) is 8.89. The highest BCUT2D eigenvalue weighted by atomic mass is 35.5. The van der Waals surface area contributed by atoms with Gasteiger partial charge in [-0.3, -0.25) is 4.57 Å². The molecule has 3 aromatic rings. The summed E-state index contributed by atoms with van der Waals surface area (Å²) in [5, 5.41) is 1.12. The van der Waals surface area contributed by atoms with E-state index in [2.05, 4.69) is 17.1 Å². The van der Waals surface area contributed by atoms with Gasteiger partial charge in [-0.2, -0.15) is 0 Å². The fourth-order valence-corrected chi connectivity index (χ4v) is 3.26. The maximum Gasteiger partial charge on any atom is 0.329 e. The number of ether oxygens (including phenoxy) is 1. The van der Waals surface area contributed by atoms with Gasteiger partial charge in [-0.1, -0.05) is 66.0 Å². The van der Waals surface area contributed by atoms with Crippen molar-refractivity contribution in [1.82, 2.24) is 14.5 Å². The Labute approximate surface area is 185 Å². The molecule has 1 amide bonds. The van der Waals surface area contributed by atoms with Crippen LogP contribution in [0.15, 0.2) is 55.1 Å². The third kappa shape index (κ3) is 7.61. The summed E-state index contributed by atoms with van der Waals surface area (Å²) in [7, 11) is 0. The number of nitrogens with zero attached hydrogens (tertiary/aromatic N) is 3. The monoisotopic (exact) mass is 451 g/mol. The maximum absolute atomic E-state index is 12.3. The number of imidazole rings is 1. The van der Waals surface area contributed by atoms with Gasteiger partial charge in [-0.25, -0.2) is 9.78 Å². The summed E-state index contributed by atoms with van der Waals surface area (Å²) in [6, 6.07) is 16.0. The normalized spacial score (nSPS) is 10.1. The number of hydrogen-bond donors (Lipinski definition) is 0. The first-order chi connectivity index (χ1) is 14.0. The summed E-state index contributed by atoms with van der Waals surface area (Å²) < 4.78 is 7.05. The van der Waals surface area contributed by atoms with Crippen LogP contribution in [0, 0.1) is 12.1 Å². The summed E-state index contributed by atoms with van der Waals surface area (Å²) in [6.45, 7) is 3.28. The highest BCUT2D eigenvalue weighted by Gasteiger charge is 2.15. The minimum absolute atomic E-state index is 0.152. The van der Waals surface area contributed by atoms with Gasteiger partial charge in [-0.05, 0) is 30.7 Å². The van der Waals surface area contributed by atoms with Crippen molar-refractivity contribution in [2.45, 2.75) is 13.3 Å². The zero-order valence-electron chi connectivity index (χ0n) is 15.8. The predicted molar refractivity (Wildman–Crippen MR) is 116 cm³/mol. The Bertz CT molecular complexity index is 824. The lowest BCUT2D eigenvalue weighted by molar-refractivity contribution is 0.184. The van der Waals surface area contributed by atoms with E-state index < -0.39 is 0 Å². The number of rotatable bonds is 6. The fraction of sp³-hybridized carbons (Fsp3) is 0.238. The van der Waals surface area contributed by atoms with Crippen molar-refractivity contribution in [3.63, 3.8) is 0 Å². The average molecular weight is 453 g/mol. The lowest BCUT2D eigenvalue weighted by Crippen LogP contribution is -2.37. The topological polar surface area (TPSA) is 47.4 Å². The Morgan fingerprint density at radius 2 is 1.72 bits per heavy atom. The van der Waals surface area contributed by atoms with Gasteiger partial charge in [0.1, 0.15) is 12.9 Å². The van der Waals surface area contributed by atoms with E-state index in [4.69, 9.17) is 39.5 Å². The van der Waals surface area contributed by atoms with E-state index >= 15 is 0 Å². The second kappa shape index (κ2) is 12.4. The smallest absolute Gasteiger partial charge is 0.329 e. The molecule has 29 heavy (non-hydrogen) atoms. The molecule has 0 fully saturated rings. The summed E-state index contributed by atoms with van der Waals surface area (Å²) in [5.74, 6) is 0.365. The Hall–Kier alpha value is -2.21. The molecule has 5 nitrogen and oxygen atoms in total. The van der Waals surface area contributed by atoms with E-state index in [9.17, 15) is 4.79 Å². The van der Waals surface area contributed by atoms with Crippen LogP contribution in [0.25, 0.3) is 0 Å². The van der Waals surface area contributed by atoms with Crippen LogP contribution < -0.4 is 4.74 Å². The Balaban J connectivity index is 0.000000426. The van der Waals surface area contributed by atoms with E-state index in [1.54, 1.807) is 29.4 Å². The zero-order valence-corrected chi connectivity index (χ0v) is 18.1. The minimum Gasteiger partial charge on any atom is -0.489 e. The van der Waals surface area contributed by atoms with Crippen LogP contribution in [0.1, 0.15) is 13.3 Å². The molecule has 0 unspecified atom stereocenters. The molecule has 1 heterocycles. The Morgan fingerprint density at radius 1 is 1.10 bits per heavy atom. The number of hydrogen-bond acceptors (Lipinski definition) is 3. The van der Waals surface area contributed by atoms with Crippen molar-refractivity contribution in [3.05, 3.63) is 82.3 Å². The van der Waals surface area contributed by atoms with Gasteiger partial charge < -0.3 is 9.64 Å². The lowest BCUT2D eigenvalue weighted by atomic mass is 10.3. The third-order valence-electron chi connectivity index (χ3n) is 3.61. The van der Waals surface area contributed by atoms with Crippen LogP contribution in [0.3, 0.4) is 0 Å². The minimum atomic E-state index is -0.152. The molecule has 1 aromatic heterocycles. The molecule has 0 atom stereocenters. The number of halogens is 3. The van der Waals surface area contributed by atoms with Crippen molar-refractivity contribution in [3.8, 4) is 5.75 Å². The highest BCUT2D eigenvalue weighted by Crippen LogP contribution is 2.35. The van der Waals surface area contributed by atoms with Gasteiger partial charge in [0.2, 0.25) is 0 Å². The molecule has 0 bridgehead atoms. The second-order valence-electron chi connectivity index (χ2n) is 5.79. The van der Waals surface area contributed by atoms with Crippen molar-refractivity contribution in [2.24, 2.45) is 0 Å². The molecule has 0 spiro atoms. The van der Waals surface area contributed by atoms with Crippen LogP contribution in [0.5, 0.6) is 5.75 Å². The van der Waals surface area contributed by atoms with Crippen LogP contribution in [-0.4, -0.2) is 40.2 Å². The molecular formula is C21H20Cl3N3O2. The largest absolute Gasteiger partial charge is 0.489 e. The lowest BCUT2D eigenvalue weighted by Gasteiger charge is -2.22. The van der Waals surface area contributed by atoms with E-state index in [1.807, 2.05) is 31.2 Å². The molecule has 0 saturated carbocycles. The number of amides is 1. The van der Waals surface area contributed by atoms with Gasteiger partial charge in [0.15, 0.2) is 5.75 Å². The molecule has 0 saturated heterocycles. The van der Waals surface area contributed by atoms with Crippen LogP contribution in [0.4, 0.5) is 4.79 Å². The molecule has 0 N–H and O–H groups in total. The Morgan fingerprint density at radius 3 is 2.21 bits per heavy atom. The molecule has 0 aliphatic rings. The van der Waals surface area contributed by atoms with Crippen molar-refractivity contribution < 1.29 is 9.53 Å². The quantitative estimate of drug-likeness (QED) is 0.468. The molecular weight excluding hydrogens is 433 g/mol. The number of benzene rings is 2. The van der Waals surface area contributed by atoms with E-state index in [0.717, 1.165) is 6.42 Å². The first-order valence-corrected chi connectivity index (χ1v) is 10.0. The van der Waals surface area contributed by atoms with Gasteiger partial charge in [-0.15, -0.1) is 0 Å². The van der Waals surface area contributed by atoms with Crippen molar-refractivity contribution >= 4 is 40.8 Å². The molecule has 3 rings (SSSR count). The first kappa shape index (κ1) is 23.1. The molecule has 2 radical (unpaired) electrons.